The van der Waals surface area contributed by atoms with Crippen molar-refractivity contribution in [3.05, 3.63) is 125 Å². The van der Waals surface area contributed by atoms with E-state index in [0.717, 1.165) is 16.7 Å². The van der Waals surface area contributed by atoms with Crippen molar-refractivity contribution in [3.63, 3.8) is 0 Å². The molecule has 0 aliphatic carbocycles. The summed E-state index contributed by atoms with van der Waals surface area (Å²) in [7, 11) is 0. The van der Waals surface area contributed by atoms with E-state index in [1.165, 1.54) is 4.90 Å². The van der Waals surface area contributed by atoms with Gasteiger partial charge in [0.15, 0.2) is 0 Å². The third-order valence-electron chi connectivity index (χ3n) is 7.41. The highest BCUT2D eigenvalue weighted by atomic mass is 35.5. The molecule has 3 N–H and O–H groups in total. The molecule has 0 radical (unpaired) electrons. The zero-order chi connectivity index (χ0) is 31.5. The van der Waals surface area contributed by atoms with Gasteiger partial charge < -0.3 is 25.3 Å². The molecule has 1 heterocycles. The van der Waals surface area contributed by atoms with Crippen LogP contribution in [0.25, 0.3) is 0 Å². The van der Waals surface area contributed by atoms with Crippen LogP contribution in [0.3, 0.4) is 0 Å². The summed E-state index contributed by atoms with van der Waals surface area (Å²) in [6, 6.07) is 24.3. The zero-order valence-electron chi connectivity index (χ0n) is 25.1. The number of aromatic amines is 1. The van der Waals surface area contributed by atoms with Crippen LogP contribution in [-0.2, 0) is 39.3 Å². The van der Waals surface area contributed by atoms with E-state index in [0.29, 0.717) is 17.4 Å². The molecule has 0 bridgehead atoms. The Hall–Kier alpha value is -4.63. The van der Waals surface area contributed by atoms with Gasteiger partial charge in [-0.25, -0.2) is 9.78 Å². The van der Waals surface area contributed by atoms with Crippen molar-refractivity contribution in [2.24, 2.45) is 0 Å². The maximum absolute atomic E-state index is 14.2. The van der Waals surface area contributed by atoms with Crippen molar-refractivity contribution < 1.29 is 19.1 Å². The van der Waals surface area contributed by atoms with Crippen molar-refractivity contribution in [3.8, 4) is 0 Å². The summed E-state index contributed by atoms with van der Waals surface area (Å²) >= 11 is 6.10. The smallest absolute Gasteiger partial charge is 0.408 e. The van der Waals surface area contributed by atoms with Crippen LogP contribution in [0.1, 0.15) is 43.3 Å². The van der Waals surface area contributed by atoms with Gasteiger partial charge in [0.25, 0.3) is 0 Å². The minimum atomic E-state index is -1.06. The van der Waals surface area contributed by atoms with Gasteiger partial charge in [-0.3, -0.25) is 9.59 Å². The summed E-state index contributed by atoms with van der Waals surface area (Å²) < 4.78 is 5.42. The normalized spacial score (nSPS) is 12.5. The van der Waals surface area contributed by atoms with Gasteiger partial charge in [-0.1, -0.05) is 98.2 Å². The SMILES string of the molecule is CC(C(=O)NCC(C)(C)c1ccccc1)N(Cc1ccc(Cl)cc1)C(=O)C(Cc1ncc[nH]1)NC(=O)OCc1ccccc1. The van der Waals surface area contributed by atoms with Crippen LogP contribution < -0.4 is 10.6 Å². The second-order valence-electron chi connectivity index (χ2n) is 11.2. The van der Waals surface area contributed by atoms with Crippen molar-refractivity contribution in [1.82, 2.24) is 25.5 Å². The number of nitrogens with one attached hydrogen (secondary N) is 3. The number of amides is 3. The maximum atomic E-state index is 14.2. The molecule has 0 aliphatic heterocycles. The fourth-order valence-electron chi connectivity index (χ4n) is 4.69. The summed E-state index contributed by atoms with van der Waals surface area (Å²) in [4.78, 5) is 49.4. The first kappa shape index (κ1) is 32.3. The first-order chi connectivity index (χ1) is 21.1. The number of H-pyrrole nitrogens is 1. The van der Waals surface area contributed by atoms with E-state index in [4.69, 9.17) is 16.3 Å². The van der Waals surface area contributed by atoms with Crippen molar-refractivity contribution in [1.29, 1.82) is 0 Å². The number of ether oxygens (including phenoxy) is 1. The van der Waals surface area contributed by atoms with E-state index in [9.17, 15) is 14.4 Å². The number of nitrogens with zero attached hydrogens (tertiary/aromatic N) is 2. The topological polar surface area (TPSA) is 116 Å². The number of halogens is 1. The number of benzene rings is 3. The Labute approximate surface area is 263 Å². The van der Waals surface area contributed by atoms with E-state index in [2.05, 4.69) is 20.6 Å². The second-order valence-corrected chi connectivity index (χ2v) is 11.7. The number of hydrogen-bond acceptors (Lipinski definition) is 5. The van der Waals surface area contributed by atoms with Crippen LogP contribution in [0, 0.1) is 0 Å². The summed E-state index contributed by atoms with van der Waals surface area (Å²) in [5.41, 5.74) is 2.33. The zero-order valence-corrected chi connectivity index (χ0v) is 25.9. The largest absolute Gasteiger partial charge is 0.445 e. The number of carbonyl (C=O) groups excluding carboxylic acids is 3. The Morgan fingerprint density at radius 2 is 1.61 bits per heavy atom. The molecule has 0 fully saturated rings. The highest BCUT2D eigenvalue weighted by molar-refractivity contribution is 6.30. The lowest BCUT2D eigenvalue weighted by molar-refractivity contribution is -0.142. The van der Waals surface area contributed by atoms with Gasteiger partial charge in [0.1, 0.15) is 24.5 Å². The molecule has 44 heavy (non-hydrogen) atoms. The van der Waals surface area contributed by atoms with Crippen LogP contribution in [0.2, 0.25) is 5.02 Å². The minimum Gasteiger partial charge on any atom is -0.445 e. The monoisotopic (exact) mass is 615 g/mol. The Kier molecular flexibility index (Phi) is 11.2. The lowest BCUT2D eigenvalue weighted by Crippen LogP contribution is -2.56. The Morgan fingerprint density at radius 1 is 0.955 bits per heavy atom. The average Bonchev–Trinajstić information content (AvgIpc) is 3.55. The molecule has 9 nitrogen and oxygen atoms in total. The van der Waals surface area contributed by atoms with Gasteiger partial charge in [0, 0.05) is 42.3 Å². The molecule has 1 aromatic heterocycles. The first-order valence-corrected chi connectivity index (χ1v) is 14.8. The van der Waals surface area contributed by atoms with Gasteiger partial charge >= 0.3 is 6.09 Å². The molecule has 0 aliphatic rings. The van der Waals surface area contributed by atoms with Crippen molar-refractivity contribution in [2.75, 3.05) is 6.54 Å². The number of hydrogen-bond donors (Lipinski definition) is 3. The van der Waals surface area contributed by atoms with Crippen molar-refractivity contribution in [2.45, 2.75) is 57.8 Å². The Bertz CT molecular complexity index is 1500. The predicted molar refractivity (Wildman–Crippen MR) is 170 cm³/mol. The molecule has 4 aromatic rings. The quantitative estimate of drug-likeness (QED) is 0.186. The third kappa shape index (κ3) is 9.18. The van der Waals surface area contributed by atoms with E-state index in [-0.39, 0.29) is 30.9 Å². The molecule has 4 rings (SSSR count). The Balaban J connectivity index is 1.54. The van der Waals surface area contributed by atoms with Crippen molar-refractivity contribution >= 4 is 29.5 Å². The summed E-state index contributed by atoms with van der Waals surface area (Å²) in [5, 5.41) is 6.29. The molecule has 10 heteroatoms. The number of carbonyl (C=O) groups is 3. The van der Waals surface area contributed by atoms with Gasteiger partial charge in [0.2, 0.25) is 11.8 Å². The minimum absolute atomic E-state index is 0.0405. The number of rotatable bonds is 13. The molecule has 230 valence electrons. The molecule has 0 saturated carbocycles. The second kappa shape index (κ2) is 15.2. The third-order valence-corrected chi connectivity index (χ3v) is 7.66. The van der Waals surface area contributed by atoms with Gasteiger partial charge in [0.05, 0.1) is 0 Å². The van der Waals surface area contributed by atoms with E-state index < -0.39 is 24.1 Å². The highest BCUT2D eigenvalue weighted by Crippen LogP contribution is 2.22. The van der Waals surface area contributed by atoms with Gasteiger partial charge in [-0.05, 0) is 35.7 Å². The number of imidazole rings is 1. The summed E-state index contributed by atoms with van der Waals surface area (Å²) in [5.74, 6) is -0.280. The van der Waals surface area contributed by atoms with E-state index >= 15 is 0 Å². The molecule has 0 saturated heterocycles. The molecule has 0 spiro atoms. The molecule has 3 amide bonds. The fourth-order valence-corrected chi connectivity index (χ4v) is 4.82. The summed E-state index contributed by atoms with van der Waals surface area (Å²) in [6.07, 6.45) is 2.52. The van der Waals surface area contributed by atoms with Gasteiger partial charge in [-0.15, -0.1) is 0 Å². The molecular weight excluding hydrogens is 578 g/mol. The lowest BCUT2D eigenvalue weighted by Gasteiger charge is -2.33. The van der Waals surface area contributed by atoms with Crippen LogP contribution in [0.4, 0.5) is 4.79 Å². The Morgan fingerprint density at radius 3 is 2.25 bits per heavy atom. The molecule has 2 unspecified atom stereocenters. The van der Waals surface area contributed by atoms with Crippen LogP contribution in [0.15, 0.2) is 97.3 Å². The maximum Gasteiger partial charge on any atom is 0.408 e. The number of aromatic nitrogens is 2. The molecular formula is C34H38ClN5O4. The predicted octanol–water partition coefficient (Wildman–Crippen LogP) is 5.41. The van der Waals surface area contributed by atoms with Gasteiger partial charge in [-0.2, -0.15) is 0 Å². The highest BCUT2D eigenvalue weighted by Gasteiger charge is 2.34. The average molecular weight is 616 g/mol. The van der Waals surface area contributed by atoms with E-state index in [1.807, 2.05) is 74.5 Å². The lowest BCUT2D eigenvalue weighted by atomic mass is 9.84. The van der Waals surface area contributed by atoms with Crippen LogP contribution in [-0.4, -0.2) is 51.4 Å². The standard InChI is InChI=1S/C34H38ClN5O4/c1-24(31(41)38-23-34(2,3)27-12-8-5-9-13-27)40(21-25-14-16-28(35)17-15-25)32(42)29(20-30-36-18-19-37-30)39-33(43)44-22-26-10-6-4-7-11-26/h4-19,24,29H,20-23H2,1-3H3,(H,36,37)(H,38,41)(H,39,43). The molecule has 3 aromatic carbocycles. The number of alkyl carbamates (subject to hydrolysis) is 1. The summed E-state index contributed by atoms with van der Waals surface area (Å²) in [6.45, 7) is 6.29. The molecule has 2 atom stereocenters. The van der Waals surface area contributed by atoms with Crippen LogP contribution in [0.5, 0.6) is 0 Å². The van der Waals surface area contributed by atoms with E-state index in [1.54, 1.807) is 43.6 Å². The fraction of sp³-hybridized carbons (Fsp3) is 0.294. The first-order valence-electron chi connectivity index (χ1n) is 14.5. The van der Waals surface area contributed by atoms with Crippen LogP contribution >= 0.6 is 11.6 Å².